The van der Waals surface area contributed by atoms with E-state index in [0.717, 1.165) is 56.0 Å². The summed E-state index contributed by atoms with van der Waals surface area (Å²) >= 11 is 0. The molecule has 5 nitrogen and oxygen atoms in total. The first kappa shape index (κ1) is 34.3. The highest BCUT2D eigenvalue weighted by atomic mass is 32.2. The number of sulfone groups is 1. The van der Waals surface area contributed by atoms with Gasteiger partial charge >= 0.3 is 0 Å². The van der Waals surface area contributed by atoms with E-state index in [1.165, 1.54) is 5.57 Å². The van der Waals surface area contributed by atoms with Gasteiger partial charge in [-0.15, -0.1) is 0 Å². The second kappa shape index (κ2) is 11.4. The van der Waals surface area contributed by atoms with E-state index in [1.807, 2.05) is 0 Å². The Labute approximate surface area is 259 Å². The van der Waals surface area contributed by atoms with Crippen molar-refractivity contribution in [2.75, 3.05) is 5.75 Å². The Balaban J connectivity index is 1.75. The van der Waals surface area contributed by atoms with Gasteiger partial charge in [0.25, 0.3) is 0 Å². The Morgan fingerprint density at radius 2 is 1.55 bits per heavy atom. The standard InChI is InChI=1S/C34H60O5SSi2/c1-23(21-35)28-15-16-29-24(14-13-17-34(28,29)8)18-31-26-19-25(38-41(9,10)32(2,3)4)20-30(27(26)22-40(31,36)37)39-42(11,12)33(5,6)7/h18,21,23,25,28-31H,13-17,19-20,22H2,1-12H3/b24-18+/t23-,25-,28-,29+,30+,31?,34-/m1/s1. The monoisotopic (exact) mass is 636 g/mol. The van der Waals surface area contributed by atoms with Gasteiger partial charge in [-0.3, -0.25) is 0 Å². The van der Waals surface area contributed by atoms with E-state index in [1.54, 1.807) is 0 Å². The van der Waals surface area contributed by atoms with Gasteiger partial charge in [0.2, 0.25) is 0 Å². The highest BCUT2D eigenvalue weighted by Gasteiger charge is 2.53. The molecule has 8 heteroatoms. The van der Waals surface area contributed by atoms with E-state index < -0.39 is 31.7 Å². The maximum atomic E-state index is 14.0. The Morgan fingerprint density at radius 3 is 2.12 bits per heavy atom. The Bertz CT molecular complexity index is 1220. The molecule has 1 aliphatic heterocycles. The van der Waals surface area contributed by atoms with E-state index in [0.29, 0.717) is 18.3 Å². The van der Waals surface area contributed by atoms with Crippen molar-refractivity contribution in [3.63, 3.8) is 0 Å². The lowest BCUT2D eigenvalue weighted by molar-refractivity contribution is -0.113. The van der Waals surface area contributed by atoms with Crippen molar-refractivity contribution in [1.29, 1.82) is 0 Å². The topological polar surface area (TPSA) is 69.7 Å². The van der Waals surface area contributed by atoms with Crippen molar-refractivity contribution in [1.82, 2.24) is 0 Å². The molecule has 0 aromatic rings. The van der Waals surface area contributed by atoms with Gasteiger partial charge in [-0.1, -0.05) is 67.0 Å². The fourth-order valence-electron chi connectivity index (χ4n) is 8.03. The van der Waals surface area contributed by atoms with Crippen molar-refractivity contribution in [3.8, 4) is 0 Å². The third-order valence-electron chi connectivity index (χ3n) is 12.6. The summed E-state index contributed by atoms with van der Waals surface area (Å²) in [5, 5.41) is -0.474. The zero-order valence-electron chi connectivity index (χ0n) is 28.7. The summed E-state index contributed by atoms with van der Waals surface area (Å²) in [6.07, 6.45) is 9.73. The molecule has 0 spiro atoms. The molecule has 0 bridgehead atoms. The summed E-state index contributed by atoms with van der Waals surface area (Å²) in [7, 11) is -7.61. The molecule has 0 aromatic carbocycles. The molecule has 0 aromatic heterocycles. The van der Waals surface area contributed by atoms with E-state index in [-0.39, 0.29) is 39.4 Å². The molecule has 0 saturated heterocycles. The quantitative estimate of drug-likeness (QED) is 0.159. The van der Waals surface area contributed by atoms with Crippen LogP contribution in [0.15, 0.2) is 22.8 Å². The third kappa shape index (κ3) is 6.27. The van der Waals surface area contributed by atoms with Crippen LogP contribution in [-0.2, 0) is 23.5 Å². The fraction of sp³-hybridized carbons (Fsp3) is 0.853. The molecule has 3 aliphatic carbocycles. The first-order valence-electron chi connectivity index (χ1n) is 16.5. The zero-order valence-corrected chi connectivity index (χ0v) is 31.5. The van der Waals surface area contributed by atoms with Crippen LogP contribution in [0, 0.1) is 23.2 Å². The molecule has 7 atom stereocenters. The van der Waals surface area contributed by atoms with E-state index in [2.05, 4.69) is 87.7 Å². The van der Waals surface area contributed by atoms with Crippen LogP contribution in [0.5, 0.6) is 0 Å². The number of aldehydes is 1. The second-order valence-electron chi connectivity index (χ2n) is 17.4. The van der Waals surface area contributed by atoms with Crippen molar-refractivity contribution in [2.45, 2.75) is 154 Å². The maximum Gasteiger partial charge on any atom is 0.192 e. The van der Waals surface area contributed by atoms with Gasteiger partial charge in [-0.05, 0) is 103 Å². The first-order valence-corrected chi connectivity index (χ1v) is 24.0. The van der Waals surface area contributed by atoms with Crippen LogP contribution in [0.2, 0.25) is 36.3 Å². The van der Waals surface area contributed by atoms with Gasteiger partial charge in [0.1, 0.15) is 11.5 Å². The first-order chi connectivity index (χ1) is 19.0. The molecule has 4 rings (SSSR count). The minimum absolute atomic E-state index is 0.0318. The van der Waals surface area contributed by atoms with Crippen LogP contribution in [0.25, 0.3) is 0 Å². The molecular weight excluding hydrogens is 577 g/mol. The Hall–Kier alpha value is -0.546. The second-order valence-corrected chi connectivity index (χ2v) is 29.1. The molecule has 0 N–H and O–H groups in total. The van der Waals surface area contributed by atoms with E-state index >= 15 is 0 Å². The van der Waals surface area contributed by atoms with Crippen molar-refractivity contribution < 1.29 is 22.1 Å². The number of hydrogen-bond donors (Lipinski definition) is 0. The van der Waals surface area contributed by atoms with Crippen LogP contribution in [0.1, 0.15) is 100 Å². The number of allylic oxidation sites excluding steroid dienone is 1. The highest BCUT2D eigenvalue weighted by molar-refractivity contribution is 7.92. The van der Waals surface area contributed by atoms with Crippen LogP contribution < -0.4 is 0 Å². The average molecular weight is 637 g/mol. The van der Waals surface area contributed by atoms with Crippen LogP contribution in [0.4, 0.5) is 0 Å². The van der Waals surface area contributed by atoms with Gasteiger partial charge in [0.15, 0.2) is 26.5 Å². The summed E-state index contributed by atoms with van der Waals surface area (Å²) in [6, 6.07) is 0. The van der Waals surface area contributed by atoms with Gasteiger partial charge in [-0.2, -0.15) is 0 Å². The van der Waals surface area contributed by atoms with Crippen molar-refractivity contribution in [2.24, 2.45) is 23.2 Å². The molecule has 4 aliphatic rings. The molecule has 2 saturated carbocycles. The molecule has 1 unspecified atom stereocenters. The number of carbonyl (C=O) groups excluding carboxylic acids is 1. The van der Waals surface area contributed by atoms with Gasteiger partial charge in [0.05, 0.1) is 18.0 Å². The smallest absolute Gasteiger partial charge is 0.192 e. The van der Waals surface area contributed by atoms with Crippen molar-refractivity contribution in [3.05, 3.63) is 22.8 Å². The summed E-state index contributed by atoms with van der Waals surface area (Å²) in [4.78, 5) is 11.8. The molecule has 240 valence electrons. The molecule has 42 heavy (non-hydrogen) atoms. The van der Waals surface area contributed by atoms with Gasteiger partial charge < -0.3 is 13.6 Å². The number of hydrogen-bond acceptors (Lipinski definition) is 5. The molecule has 2 fully saturated rings. The minimum atomic E-state index is -3.39. The van der Waals surface area contributed by atoms with Gasteiger partial charge in [0, 0.05) is 12.3 Å². The highest BCUT2D eigenvalue weighted by Crippen LogP contribution is 2.59. The number of carbonyl (C=O) groups is 1. The van der Waals surface area contributed by atoms with E-state index in [9.17, 15) is 13.2 Å². The predicted molar refractivity (Wildman–Crippen MR) is 179 cm³/mol. The lowest BCUT2D eigenvalue weighted by atomic mass is 9.61. The molecular formula is C34H60O5SSi2. The predicted octanol–water partition coefficient (Wildman–Crippen LogP) is 8.63. The molecule has 1 heterocycles. The summed E-state index contributed by atoms with van der Waals surface area (Å²) in [5.74, 6) is 0.887. The average Bonchev–Trinajstić information content (AvgIpc) is 3.31. The summed E-state index contributed by atoms with van der Waals surface area (Å²) in [6.45, 7) is 27.1. The third-order valence-corrected chi connectivity index (χ3v) is 23.5. The Morgan fingerprint density at radius 1 is 0.952 bits per heavy atom. The normalized spacial score (nSPS) is 35.7. The zero-order chi connectivity index (χ0) is 31.7. The lowest BCUT2D eigenvalue weighted by Crippen LogP contribution is -2.49. The number of rotatable bonds is 7. The maximum absolute atomic E-state index is 14.0. The summed E-state index contributed by atoms with van der Waals surface area (Å²) < 4.78 is 42.2. The van der Waals surface area contributed by atoms with E-state index in [4.69, 9.17) is 8.85 Å². The van der Waals surface area contributed by atoms with Crippen LogP contribution >= 0.6 is 0 Å². The number of fused-ring (bicyclic) bond motifs is 1. The summed E-state index contributed by atoms with van der Waals surface area (Å²) in [5.41, 5.74) is 3.47. The van der Waals surface area contributed by atoms with Crippen LogP contribution in [0.3, 0.4) is 0 Å². The largest absolute Gasteiger partial charge is 0.414 e. The Kier molecular flexibility index (Phi) is 9.28. The fourth-order valence-corrected chi connectivity index (χ4v) is 12.7. The molecule has 0 amide bonds. The SMILES string of the molecule is C[C@H](C=O)[C@H]1CC[C@H]2/C(=C/C3C4=C(CS3(=O)=O)[C@@H](O[Si](C)(C)C(C)(C)C)C[C@H](O[Si](C)(C)C(C)(C)C)C4)CCC[C@]12C. The van der Waals surface area contributed by atoms with Crippen molar-refractivity contribution >= 4 is 32.8 Å². The van der Waals surface area contributed by atoms with Gasteiger partial charge in [-0.25, -0.2) is 8.42 Å². The van der Waals surface area contributed by atoms with Crippen LogP contribution in [-0.4, -0.2) is 54.5 Å². The lowest BCUT2D eigenvalue weighted by Gasteiger charge is -2.45. The molecule has 0 radical (unpaired) electrons. The minimum Gasteiger partial charge on any atom is -0.414 e.